The molecule has 1 N–H and O–H groups in total. The fraction of sp³-hybridized carbons (Fsp3) is 1.00. The lowest BCUT2D eigenvalue weighted by atomic mass is 9.80. The fourth-order valence-corrected chi connectivity index (χ4v) is 2.99. The largest absolute Gasteiger partial charge is 0.396 e. The van der Waals surface area contributed by atoms with E-state index in [0.717, 1.165) is 25.4 Å². The van der Waals surface area contributed by atoms with Crippen LogP contribution in [-0.2, 0) is 4.74 Å². The van der Waals surface area contributed by atoms with E-state index in [1.165, 1.54) is 12.8 Å². The van der Waals surface area contributed by atoms with Crippen molar-refractivity contribution in [1.82, 2.24) is 0 Å². The normalized spacial score (nSPS) is 33.2. The van der Waals surface area contributed by atoms with Crippen LogP contribution in [0.5, 0.6) is 0 Å². The zero-order chi connectivity index (χ0) is 11.3. The molecular weight excluding hydrogens is 188 g/mol. The van der Waals surface area contributed by atoms with Gasteiger partial charge in [-0.1, -0.05) is 40.0 Å². The van der Waals surface area contributed by atoms with Crippen LogP contribution in [0.4, 0.5) is 0 Å². The highest BCUT2D eigenvalue weighted by Gasteiger charge is 2.38. The molecule has 1 aliphatic heterocycles. The second-order valence-corrected chi connectivity index (χ2v) is 4.72. The van der Waals surface area contributed by atoms with E-state index in [0.29, 0.717) is 24.5 Å². The summed E-state index contributed by atoms with van der Waals surface area (Å²) >= 11 is 0. The van der Waals surface area contributed by atoms with Crippen LogP contribution in [0, 0.1) is 17.8 Å². The molecule has 90 valence electrons. The van der Waals surface area contributed by atoms with Crippen molar-refractivity contribution in [2.24, 2.45) is 17.8 Å². The van der Waals surface area contributed by atoms with Gasteiger partial charge < -0.3 is 9.84 Å². The number of aliphatic hydroxyl groups excluding tert-OH is 1. The van der Waals surface area contributed by atoms with Crippen LogP contribution < -0.4 is 0 Å². The van der Waals surface area contributed by atoms with Crippen molar-refractivity contribution < 1.29 is 9.84 Å². The second-order valence-electron chi connectivity index (χ2n) is 4.72. The van der Waals surface area contributed by atoms with Gasteiger partial charge in [0.1, 0.15) is 0 Å². The van der Waals surface area contributed by atoms with Gasteiger partial charge in [0.15, 0.2) is 0 Å². The Labute approximate surface area is 94.0 Å². The van der Waals surface area contributed by atoms with Crippen LogP contribution in [-0.4, -0.2) is 24.4 Å². The third-order valence-electron chi connectivity index (χ3n) is 4.01. The highest BCUT2D eigenvalue weighted by atomic mass is 16.5. The van der Waals surface area contributed by atoms with Crippen molar-refractivity contribution in [2.45, 2.75) is 52.6 Å². The van der Waals surface area contributed by atoms with Gasteiger partial charge in [-0.2, -0.15) is 0 Å². The average molecular weight is 214 g/mol. The van der Waals surface area contributed by atoms with Gasteiger partial charge >= 0.3 is 0 Å². The van der Waals surface area contributed by atoms with E-state index in [2.05, 4.69) is 20.8 Å². The number of ether oxygens (including phenoxy) is 1. The van der Waals surface area contributed by atoms with Gasteiger partial charge in [-0.3, -0.25) is 0 Å². The summed E-state index contributed by atoms with van der Waals surface area (Å²) in [7, 11) is 0. The number of hydrogen-bond acceptors (Lipinski definition) is 2. The summed E-state index contributed by atoms with van der Waals surface area (Å²) in [6.45, 7) is 7.95. The zero-order valence-corrected chi connectivity index (χ0v) is 10.4. The highest BCUT2D eigenvalue weighted by Crippen LogP contribution is 2.37. The third kappa shape index (κ3) is 2.94. The minimum absolute atomic E-state index is 0.297. The van der Waals surface area contributed by atoms with E-state index in [1.54, 1.807) is 0 Å². The van der Waals surface area contributed by atoms with E-state index in [9.17, 15) is 0 Å². The Morgan fingerprint density at radius 2 is 2.00 bits per heavy atom. The van der Waals surface area contributed by atoms with Crippen molar-refractivity contribution in [3.8, 4) is 0 Å². The monoisotopic (exact) mass is 214 g/mol. The number of hydrogen-bond donors (Lipinski definition) is 1. The predicted octanol–water partition coefficient (Wildman–Crippen LogP) is 2.85. The van der Waals surface area contributed by atoms with Gasteiger partial charge in [0.2, 0.25) is 0 Å². The molecule has 2 heteroatoms. The van der Waals surface area contributed by atoms with Gasteiger partial charge in [-0.05, 0) is 24.2 Å². The Balaban J connectivity index is 2.59. The Kier molecular flexibility index (Phi) is 5.62. The molecule has 0 aromatic heterocycles. The smallest absolute Gasteiger partial charge is 0.0635 e. The molecule has 0 aromatic rings. The first kappa shape index (κ1) is 13.0. The van der Waals surface area contributed by atoms with Gasteiger partial charge in [0.05, 0.1) is 12.7 Å². The molecule has 0 aliphatic carbocycles. The lowest BCUT2D eigenvalue weighted by Gasteiger charge is -2.27. The molecule has 0 spiro atoms. The molecular formula is C13H26O2. The first-order valence-corrected chi connectivity index (χ1v) is 6.50. The highest BCUT2D eigenvalue weighted by molar-refractivity contribution is 4.86. The van der Waals surface area contributed by atoms with E-state index in [4.69, 9.17) is 9.84 Å². The molecule has 4 unspecified atom stereocenters. The SMILES string of the molecule is CCC1COC(C(CC)CCO)C1CC. The molecule has 1 rings (SSSR count). The molecule has 0 bridgehead atoms. The van der Waals surface area contributed by atoms with Crippen LogP contribution in [0.1, 0.15) is 46.5 Å². The van der Waals surface area contributed by atoms with Crippen molar-refractivity contribution in [2.75, 3.05) is 13.2 Å². The quantitative estimate of drug-likeness (QED) is 0.736. The van der Waals surface area contributed by atoms with Crippen molar-refractivity contribution in [1.29, 1.82) is 0 Å². The summed E-state index contributed by atoms with van der Waals surface area (Å²) in [5.74, 6) is 2.01. The molecule has 2 nitrogen and oxygen atoms in total. The first-order chi connectivity index (χ1) is 7.28. The molecule has 0 radical (unpaired) electrons. The van der Waals surface area contributed by atoms with Gasteiger partial charge in [-0.25, -0.2) is 0 Å². The Bertz CT molecular complexity index is 170. The lowest BCUT2D eigenvalue weighted by Crippen LogP contribution is -2.28. The summed E-state index contributed by atoms with van der Waals surface area (Å²) in [5.41, 5.74) is 0. The fourth-order valence-electron chi connectivity index (χ4n) is 2.99. The van der Waals surface area contributed by atoms with Crippen LogP contribution in [0.15, 0.2) is 0 Å². The number of aliphatic hydroxyl groups is 1. The minimum Gasteiger partial charge on any atom is -0.396 e. The van der Waals surface area contributed by atoms with Gasteiger partial charge in [0, 0.05) is 6.61 Å². The topological polar surface area (TPSA) is 29.5 Å². The molecule has 1 heterocycles. The molecule has 1 aliphatic rings. The summed E-state index contributed by atoms with van der Waals surface area (Å²) < 4.78 is 5.95. The maximum Gasteiger partial charge on any atom is 0.0635 e. The van der Waals surface area contributed by atoms with Crippen LogP contribution in [0.25, 0.3) is 0 Å². The summed E-state index contributed by atoms with van der Waals surface area (Å²) in [6, 6.07) is 0. The summed E-state index contributed by atoms with van der Waals surface area (Å²) in [5, 5.41) is 9.05. The molecule has 0 amide bonds. The standard InChI is InChI=1S/C13H26O2/c1-4-10(7-8-14)13-12(6-3)11(5-2)9-15-13/h10-14H,4-9H2,1-3H3. The first-order valence-electron chi connectivity index (χ1n) is 6.50. The molecule has 0 saturated carbocycles. The van der Waals surface area contributed by atoms with Crippen molar-refractivity contribution in [3.05, 3.63) is 0 Å². The maximum absolute atomic E-state index is 9.05. The van der Waals surface area contributed by atoms with E-state index in [-0.39, 0.29) is 0 Å². The third-order valence-corrected chi connectivity index (χ3v) is 4.01. The Morgan fingerprint density at radius 3 is 2.47 bits per heavy atom. The molecule has 15 heavy (non-hydrogen) atoms. The molecule has 1 fully saturated rings. The molecule has 0 aromatic carbocycles. The second kappa shape index (κ2) is 6.49. The lowest BCUT2D eigenvalue weighted by molar-refractivity contribution is 0.0290. The average Bonchev–Trinajstić information content (AvgIpc) is 2.68. The van der Waals surface area contributed by atoms with Crippen LogP contribution in [0.3, 0.4) is 0 Å². The molecule has 1 saturated heterocycles. The Morgan fingerprint density at radius 1 is 1.27 bits per heavy atom. The van der Waals surface area contributed by atoms with Crippen LogP contribution >= 0.6 is 0 Å². The zero-order valence-electron chi connectivity index (χ0n) is 10.4. The summed E-state index contributed by atoms with van der Waals surface area (Å²) in [4.78, 5) is 0. The van der Waals surface area contributed by atoms with Gasteiger partial charge in [0.25, 0.3) is 0 Å². The molecule has 4 atom stereocenters. The predicted molar refractivity (Wildman–Crippen MR) is 62.8 cm³/mol. The summed E-state index contributed by atoms with van der Waals surface area (Å²) in [6.07, 6.45) is 4.86. The van der Waals surface area contributed by atoms with Crippen molar-refractivity contribution in [3.63, 3.8) is 0 Å². The maximum atomic E-state index is 9.05. The van der Waals surface area contributed by atoms with Crippen molar-refractivity contribution >= 4 is 0 Å². The van der Waals surface area contributed by atoms with E-state index >= 15 is 0 Å². The van der Waals surface area contributed by atoms with E-state index in [1.807, 2.05) is 0 Å². The minimum atomic E-state index is 0.297. The Hall–Kier alpha value is -0.0800. The van der Waals surface area contributed by atoms with E-state index < -0.39 is 0 Å². The van der Waals surface area contributed by atoms with Gasteiger partial charge in [-0.15, -0.1) is 0 Å². The number of rotatable bonds is 6. The van der Waals surface area contributed by atoms with Crippen LogP contribution in [0.2, 0.25) is 0 Å².